The standard InChI is InChI=1S/C26H27N2Si.C13H24O2.Ir/c1-15-10-16(2)18-13-20-19(12-17(18)11-15)25-24-21(26(20,3)4)14-23(29(5,6)7)28-22(24)8-9-27-25;1-5-10(6-2)12(14)9-13(15)11(7-3)8-4;/h8-11,13-14H,1-7H3;9-11,14H,5-8H2,1-4H3;/q-1;;/b;12-9-;. The number of hydrogen-bond acceptors (Lipinski definition) is 4. The number of carbonyl (C=O) groups is 1. The predicted molar refractivity (Wildman–Crippen MR) is 190 cm³/mol. The van der Waals surface area contributed by atoms with Crippen LogP contribution in [0.5, 0.6) is 0 Å². The van der Waals surface area contributed by atoms with Gasteiger partial charge in [-0.25, -0.2) is 0 Å². The molecule has 2 aromatic carbocycles. The van der Waals surface area contributed by atoms with Gasteiger partial charge in [-0.05, 0) is 68.0 Å². The Balaban J connectivity index is 0.000000297. The molecule has 45 heavy (non-hydrogen) atoms. The fraction of sp³-hybridized carbons (Fsp3) is 0.462. The number of aliphatic hydroxyl groups excluding tert-OH is 1. The summed E-state index contributed by atoms with van der Waals surface area (Å²) in [6, 6.07) is 15.1. The van der Waals surface area contributed by atoms with Crippen molar-refractivity contribution in [1.82, 2.24) is 9.97 Å². The first kappa shape index (κ1) is 36.8. The van der Waals surface area contributed by atoms with Crippen LogP contribution in [0.2, 0.25) is 19.6 Å². The van der Waals surface area contributed by atoms with Crippen molar-refractivity contribution in [3.8, 4) is 11.3 Å². The van der Waals surface area contributed by atoms with Gasteiger partial charge in [-0.2, -0.15) is 0 Å². The Labute approximate surface area is 285 Å². The van der Waals surface area contributed by atoms with E-state index in [0.29, 0.717) is 0 Å². The van der Waals surface area contributed by atoms with Crippen LogP contribution in [0.1, 0.15) is 89.5 Å². The number of fused-ring (bicyclic) bond motifs is 3. The van der Waals surface area contributed by atoms with Crippen molar-refractivity contribution in [3.05, 3.63) is 76.7 Å². The summed E-state index contributed by atoms with van der Waals surface area (Å²) in [5.74, 6) is 0.547. The van der Waals surface area contributed by atoms with E-state index in [1.807, 2.05) is 33.9 Å². The number of aromatic nitrogens is 2. The molecule has 5 rings (SSSR count). The number of benzene rings is 2. The van der Waals surface area contributed by atoms with Gasteiger partial charge in [-0.15, -0.1) is 23.6 Å². The molecule has 2 aromatic heterocycles. The predicted octanol–water partition coefficient (Wildman–Crippen LogP) is 9.92. The molecule has 0 bridgehead atoms. The second-order valence-electron chi connectivity index (χ2n) is 14.1. The normalized spacial score (nSPS) is 13.8. The fourth-order valence-electron chi connectivity index (χ4n) is 6.54. The molecule has 0 atom stereocenters. The number of rotatable bonds is 8. The SMILES string of the molecule is CCC(CC)C(=O)/C=C(\O)C(CC)CC.Cc1cc(C)c2cc3c([c-]c2c1)-c1nccc2nc([Si](C)(C)C)cc(c12)C3(C)C.[Ir]. The summed E-state index contributed by atoms with van der Waals surface area (Å²) in [6.07, 6.45) is 6.81. The maximum Gasteiger partial charge on any atom is 0.162 e. The Bertz CT molecular complexity index is 1730. The Kier molecular flexibility index (Phi) is 11.8. The molecule has 6 heteroatoms. The number of nitrogens with zero attached hydrogens (tertiary/aromatic N) is 2. The van der Waals surface area contributed by atoms with Crippen LogP contribution in [-0.2, 0) is 30.3 Å². The first-order chi connectivity index (χ1) is 20.7. The van der Waals surface area contributed by atoms with Gasteiger partial charge in [-0.3, -0.25) is 14.8 Å². The van der Waals surface area contributed by atoms with Gasteiger partial charge >= 0.3 is 0 Å². The topological polar surface area (TPSA) is 63.1 Å². The van der Waals surface area contributed by atoms with Gasteiger partial charge < -0.3 is 5.11 Å². The first-order valence-corrected chi connectivity index (χ1v) is 19.9. The second-order valence-corrected chi connectivity index (χ2v) is 19.1. The molecule has 4 aromatic rings. The van der Waals surface area contributed by atoms with Gasteiger partial charge in [0.2, 0.25) is 0 Å². The van der Waals surface area contributed by atoms with Crippen molar-refractivity contribution in [3.63, 3.8) is 0 Å². The smallest absolute Gasteiger partial charge is 0.162 e. The zero-order valence-corrected chi connectivity index (χ0v) is 32.5. The monoisotopic (exact) mass is 800 g/mol. The minimum atomic E-state index is -1.54. The Hall–Kier alpha value is -2.66. The molecular weight excluding hydrogens is 749 g/mol. The number of carbonyl (C=O) groups excluding carboxylic acids is 1. The molecular formula is C39H51IrN2O2Si-. The molecule has 1 N–H and O–H groups in total. The minimum Gasteiger partial charge on any atom is -0.512 e. The average molecular weight is 800 g/mol. The first-order valence-electron chi connectivity index (χ1n) is 16.4. The van der Waals surface area contributed by atoms with E-state index in [4.69, 9.17) is 9.97 Å². The quantitative estimate of drug-likeness (QED) is 0.0835. The summed E-state index contributed by atoms with van der Waals surface area (Å²) in [6.45, 7) is 24.2. The van der Waals surface area contributed by atoms with E-state index >= 15 is 0 Å². The number of ketones is 1. The van der Waals surface area contributed by atoms with Gasteiger partial charge in [0, 0.05) is 55.2 Å². The molecule has 0 saturated carbocycles. The van der Waals surface area contributed by atoms with Gasteiger partial charge in [0.05, 0.1) is 11.3 Å². The maximum atomic E-state index is 11.7. The van der Waals surface area contributed by atoms with E-state index in [-0.39, 0.29) is 48.9 Å². The second kappa shape index (κ2) is 14.4. The average Bonchev–Trinajstić information content (AvgIpc) is 2.96. The van der Waals surface area contributed by atoms with Crippen LogP contribution in [0.25, 0.3) is 32.9 Å². The van der Waals surface area contributed by atoms with Crippen LogP contribution in [-0.4, -0.2) is 28.9 Å². The molecule has 0 saturated heterocycles. The van der Waals surface area contributed by atoms with Crippen LogP contribution < -0.4 is 5.32 Å². The number of aliphatic hydroxyl groups is 1. The molecule has 1 radical (unpaired) electrons. The van der Waals surface area contributed by atoms with Crippen LogP contribution >= 0.6 is 0 Å². The van der Waals surface area contributed by atoms with Crippen LogP contribution in [0.3, 0.4) is 0 Å². The summed E-state index contributed by atoms with van der Waals surface area (Å²) in [4.78, 5) is 21.6. The third kappa shape index (κ3) is 7.34. The Morgan fingerprint density at radius 1 is 0.956 bits per heavy atom. The molecule has 0 unspecified atom stereocenters. The van der Waals surface area contributed by atoms with Crippen molar-refractivity contribution < 1.29 is 30.0 Å². The van der Waals surface area contributed by atoms with Crippen LogP contribution in [0.4, 0.5) is 0 Å². The summed E-state index contributed by atoms with van der Waals surface area (Å²) < 4.78 is 0. The summed E-state index contributed by atoms with van der Waals surface area (Å²) in [7, 11) is -1.54. The van der Waals surface area contributed by atoms with Gasteiger partial charge in [0.25, 0.3) is 0 Å². The van der Waals surface area contributed by atoms with Gasteiger partial charge in [0.15, 0.2) is 5.78 Å². The zero-order chi connectivity index (χ0) is 32.6. The van der Waals surface area contributed by atoms with E-state index in [2.05, 4.69) is 83.7 Å². The van der Waals surface area contributed by atoms with E-state index in [1.165, 1.54) is 49.8 Å². The van der Waals surface area contributed by atoms with Crippen molar-refractivity contribution in [2.45, 2.75) is 106 Å². The molecule has 0 spiro atoms. The molecule has 0 aliphatic heterocycles. The molecule has 243 valence electrons. The van der Waals surface area contributed by atoms with Gasteiger partial charge in [-0.1, -0.05) is 94.9 Å². The van der Waals surface area contributed by atoms with Crippen molar-refractivity contribution in [2.75, 3.05) is 0 Å². The Morgan fingerprint density at radius 3 is 2.16 bits per heavy atom. The van der Waals surface area contributed by atoms with Crippen molar-refractivity contribution in [1.29, 1.82) is 0 Å². The molecule has 1 aliphatic carbocycles. The summed E-state index contributed by atoms with van der Waals surface area (Å²) in [5, 5.41) is 14.7. The Morgan fingerprint density at radius 2 is 1.58 bits per heavy atom. The van der Waals surface area contributed by atoms with E-state index in [1.54, 1.807) is 0 Å². The largest absolute Gasteiger partial charge is 0.512 e. The van der Waals surface area contributed by atoms with Gasteiger partial charge in [0.1, 0.15) is 8.07 Å². The maximum absolute atomic E-state index is 11.7. The number of pyridine rings is 2. The van der Waals surface area contributed by atoms with E-state index in [0.717, 1.165) is 42.5 Å². The summed E-state index contributed by atoms with van der Waals surface area (Å²) in [5.41, 5.74) is 8.36. The zero-order valence-electron chi connectivity index (χ0n) is 29.1. The summed E-state index contributed by atoms with van der Waals surface area (Å²) >= 11 is 0. The minimum absolute atomic E-state index is 0. The fourth-order valence-corrected chi connectivity index (χ4v) is 7.58. The number of hydrogen-bond donors (Lipinski definition) is 1. The van der Waals surface area contributed by atoms with Crippen molar-refractivity contribution in [2.24, 2.45) is 11.8 Å². The number of allylic oxidation sites excluding steroid dienone is 2. The van der Waals surface area contributed by atoms with Crippen LogP contribution in [0.15, 0.2) is 48.4 Å². The van der Waals surface area contributed by atoms with E-state index < -0.39 is 8.07 Å². The van der Waals surface area contributed by atoms with E-state index in [9.17, 15) is 9.90 Å². The molecule has 0 amide bonds. The third-order valence-electron chi connectivity index (χ3n) is 9.50. The molecule has 4 nitrogen and oxygen atoms in total. The molecule has 0 fully saturated rings. The molecule has 2 heterocycles. The van der Waals surface area contributed by atoms with Crippen LogP contribution in [0, 0.1) is 31.7 Å². The number of aryl methyl sites for hydroxylation is 2. The molecule has 1 aliphatic rings. The third-order valence-corrected chi connectivity index (χ3v) is 11.3. The van der Waals surface area contributed by atoms with Crippen molar-refractivity contribution >= 4 is 40.8 Å².